The first-order valence-corrected chi connectivity index (χ1v) is 10.6. The summed E-state index contributed by atoms with van der Waals surface area (Å²) in [5, 5.41) is 4.45. The molecule has 1 aliphatic heterocycles. The molecule has 1 saturated carbocycles. The van der Waals surface area contributed by atoms with E-state index in [0.29, 0.717) is 11.7 Å². The molecule has 2 heterocycles. The summed E-state index contributed by atoms with van der Waals surface area (Å²) in [6.45, 7) is 0.837. The van der Waals surface area contributed by atoms with Crippen LogP contribution < -0.4 is 5.56 Å². The summed E-state index contributed by atoms with van der Waals surface area (Å²) in [5.41, 5.74) is 1.43. The SMILES string of the molecule is O=C(Cn1nc(-c2ccccc2)ccc1=O)N1CCC[C@@H]1CC1CCCCC1. The number of hydrogen-bond acceptors (Lipinski definition) is 3. The molecule has 2 aliphatic rings. The van der Waals surface area contributed by atoms with E-state index in [9.17, 15) is 9.59 Å². The van der Waals surface area contributed by atoms with Gasteiger partial charge in [0, 0.05) is 24.2 Å². The van der Waals surface area contributed by atoms with Gasteiger partial charge in [-0.3, -0.25) is 9.59 Å². The molecular formula is C23H29N3O2. The van der Waals surface area contributed by atoms with E-state index in [0.717, 1.165) is 37.3 Å². The normalized spacial score (nSPS) is 20.4. The molecule has 0 spiro atoms. The van der Waals surface area contributed by atoms with Crippen molar-refractivity contribution in [2.75, 3.05) is 6.54 Å². The second-order valence-electron chi connectivity index (χ2n) is 8.20. The van der Waals surface area contributed by atoms with E-state index in [-0.39, 0.29) is 18.0 Å². The van der Waals surface area contributed by atoms with Crippen LogP contribution in [0.3, 0.4) is 0 Å². The Kier molecular flexibility index (Phi) is 5.89. The average Bonchev–Trinajstić information content (AvgIpc) is 3.19. The van der Waals surface area contributed by atoms with Gasteiger partial charge in [-0.15, -0.1) is 0 Å². The Morgan fingerprint density at radius 3 is 2.54 bits per heavy atom. The molecule has 2 aromatic rings. The van der Waals surface area contributed by atoms with Crippen LogP contribution in [0.2, 0.25) is 0 Å². The third kappa shape index (κ3) is 4.34. The van der Waals surface area contributed by atoms with E-state index in [4.69, 9.17) is 0 Å². The maximum atomic E-state index is 13.0. The van der Waals surface area contributed by atoms with Crippen LogP contribution in [0.25, 0.3) is 11.3 Å². The van der Waals surface area contributed by atoms with Crippen LogP contribution in [0.4, 0.5) is 0 Å². The largest absolute Gasteiger partial charge is 0.338 e. The summed E-state index contributed by atoms with van der Waals surface area (Å²) >= 11 is 0. The second-order valence-corrected chi connectivity index (χ2v) is 8.20. The quantitative estimate of drug-likeness (QED) is 0.792. The van der Waals surface area contributed by atoms with E-state index in [1.807, 2.05) is 35.2 Å². The zero-order valence-electron chi connectivity index (χ0n) is 16.4. The first-order chi connectivity index (χ1) is 13.7. The van der Waals surface area contributed by atoms with E-state index in [1.54, 1.807) is 6.07 Å². The number of nitrogens with zero attached hydrogens (tertiary/aromatic N) is 3. The Morgan fingerprint density at radius 1 is 0.964 bits per heavy atom. The standard InChI is InChI=1S/C23H29N3O2/c27-22-14-13-21(19-10-5-2-6-11-19)24-26(22)17-23(28)25-15-7-12-20(25)16-18-8-3-1-4-9-18/h2,5-6,10-11,13-14,18,20H,1,3-4,7-9,12,15-17H2/t20-/m1/s1. The van der Waals surface area contributed by atoms with Crippen molar-refractivity contribution in [1.29, 1.82) is 0 Å². The molecule has 1 aromatic heterocycles. The van der Waals surface area contributed by atoms with Gasteiger partial charge in [0.1, 0.15) is 6.54 Å². The van der Waals surface area contributed by atoms with E-state index in [2.05, 4.69) is 5.10 Å². The Labute approximate surface area is 166 Å². The second kappa shape index (κ2) is 8.72. The van der Waals surface area contributed by atoms with Crippen molar-refractivity contribution in [3.63, 3.8) is 0 Å². The van der Waals surface area contributed by atoms with Crippen LogP contribution in [0.15, 0.2) is 47.3 Å². The minimum atomic E-state index is -0.226. The van der Waals surface area contributed by atoms with Crippen molar-refractivity contribution in [3.05, 3.63) is 52.8 Å². The smallest absolute Gasteiger partial charge is 0.267 e. The lowest BCUT2D eigenvalue weighted by molar-refractivity contribution is -0.133. The van der Waals surface area contributed by atoms with Crippen LogP contribution in [0.1, 0.15) is 51.4 Å². The molecule has 0 radical (unpaired) electrons. The topological polar surface area (TPSA) is 55.2 Å². The third-order valence-electron chi connectivity index (χ3n) is 6.25. The molecular weight excluding hydrogens is 350 g/mol. The molecule has 0 bridgehead atoms. The van der Waals surface area contributed by atoms with Gasteiger partial charge in [-0.25, -0.2) is 4.68 Å². The molecule has 5 nitrogen and oxygen atoms in total. The van der Waals surface area contributed by atoms with Crippen molar-refractivity contribution >= 4 is 5.91 Å². The number of amides is 1. The fourth-order valence-corrected chi connectivity index (χ4v) is 4.76. The molecule has 1 aromatic carbocycles. The highest BCUT2D eigenvalue weighted by Gasteiger charge is 2.31. The van der Waals surface area contributed by atoms with Gasteiger partial charge in [-0.1, -0.05) is 62.4 Å². The fourth-order valence-electron chi connectivity index (χ4n) is 4.76. The summed E-state index contributed by atoms with van der Waals surface area (Å²) in [4.78, 5) is 27.3. The average molecular weight is 380 g/mol. The summed E-state index contributed by atoms with van der Waals surface area (Å²) in [5.74, 6) is 0.785. The maximum Gasteiger partial charge on any atom is 0.267 e. The summed E-state index contributed by atoms with van der Waals surface area (Å²) in [7, 11) is 0. The van der Waals surface area contributed by atoms with E-state index in [1.165, 1.54) is 42.9 Å². The molecule has 4 rings (SSSR count). The van der Waals surface area contributed by atoms with Gasteiger partial charge in [0.05, 0.1) is 5.69 Å². The number of benzene rings is 1. The Balaban J connectivity index is 1.46. The number of rotatable bonds is 5. The van der Waals surface area contributed by atoms with Crippen LogP contribution in [-0.2, 0) is 11.3 Å². The number of likely N-dealkylation sites (tertiary alicyclic amines) is 1. The monoisotopic (exact) mass is 379 g/mol. The van der Waals surface area contributed by atoms with Crippen LogP contribution in [0, 0.1) is 5.92 Å². The van der Waals surface area contributed by atoms with Gasteiger partial charge in [0.2, 0.25) is 5.91 Å². The van der Waals surface area contributed by atoms with Crippen molar-refractivity contribution in [3.8, 4) is 11.3 Å². The molecule has 1 amide bonds. The Hall–Kier alpha value is -2.43. The highest BCUT2D eigenvalue weighted by atomic mass is 16.2. The first-order valence-electron chi connectivity index (χ1n) is 10.6. The molecule has 5 heteroatoms. The van der Waals surface area contributed by atoms with Crippen molar-refractivity contribution in [1.82, 2.24) is 14.7 Å². The number of hydrogen-bond donors (Lipinski definition) is 0. The molecule has 148 valence electrons. The molecule has 1 aliphatic carbocycles. The highest BCUT2D eigenvalue weighted by molar-refractivity contribution is 5.76. The van der Waals surface area contributed by atoms with Gasteiger partial charge in [-0.2, -0.15) is 5.10 Å². The van der Waals surface area contributed by atoms with Crippen molar-refractivity contribution in [2.45, 2.75) is 64.0 Å². The van der Waals surface area contributed by atoms with Gasteiger partial charge in [-0.05, 0) is 31.2 Å². The van der Waals surface area contributed by atoms with Crippen LogP contribution in [0.5, 0.6) is 0 Å². The number of carbonyl (C=O) groups is 1. The Bertz CT molecular complexity index is 856. The molecule has 0 N–H and O–H groups in total. The van der Waals surface area contributed by atoms with Crippen molar-refractivity contribution in [2.24, 2.45) is 5.92 Å². The van der Waals surface area contributed by atoms with Gasteiger partial charge >= 0.3 is 0 Å². The lowest BCUT2D eigenvalue weighted by Gasteiger charge is -2.30. The lowest BCUT2D eigenvalue weighted by atomic mass is 9.84. The molecule has 1 atom stereocenters. The zero-order chi connectivity index (χ0) is 19.3. The van der Waals surface area contributed by atoms with E-state index >= 15 is 0 Å². The highest BCUT2D eigenvalue weighted by Crippen LogP contribution is 2.32. The minimum Gasteiger partial charge on any atom is -0.338 e. The summed E-state index contributed by atoms with van der Waals surface area (Å²) < 4.78 is 1.32. The van der Waals surface area contributed by atoms with E-state index < -0.39 is 0 Å². The first kappa shape index (κ1) is 18.9. The zero-order valence-corrected chi connectivity index (χ0v) is 16.4. The van der Waals surface area contributed by atoms with Gasteiger partial charge in [0.25, 0.3) is 5.56 Å². The summed E-state index contributed by atoms with van der Waals surface area (Å²) in [6.07, 6.45) is 9.91. The minimum absolute atomic E-state index is 0.0260. The van der Waals surface area contributed by atoms with Crippen LogP contribution in [-0.4, -0.2) is 33.2 Å². The lowest BCUT2D eigenvalue weighted by Crippen LogP contribution is -2.41. The number of aromatic nitrogens is 2. The van der Waals surface area contributed by atoms with Gasteiger partial charge < -0.3 is 4.90 Å². The van der Waals surface area contributed by atoms with Gasteiger partial charge in [0.15, 0.2) is 0 Å². The molecule has 1 saturated heterocycles. The van der Waals surface area contributed by atoms with Crippen molar-refractivity contribution < 1.29 is 4.79 Å². The predicted octanol–water partition coefficient (Wildman–Crippen LogP) is 3.87. The molecule has 28 heavy (non-hydrogen) atoms. The fraction of sp³-hybridized carbons (Fsp3) is 0.522. The summed E-state index contributed by atoms with van der Waals surface area (Å²) in [6, 6.07) is 13.3. The third-order valence-corrected chi connectivity index (χ3v) is 6.25. The molecule has 2 fully saturated rings. The molecule has 0 unspecified atom stereocenters. The Morgan fingerprint density at radius 2 is 1.75 bits per heavy atom. The predicted molar refractivity (Wildman–Crippen MR) is 110 cm³/mol. The van der Waals surface area contributed by atoms with Crippen LogP contribution >= 0.6 is 0 Å². The maximum absolute atomic E-state index is 13.0. The number of carbonyl (C=O) groups excluding carboxylic acids is 1.